The molecule has 3 nitrogen and oxygen atoms in total. The maximum atomic E-state index is 12.4. The Labute approximate surface area is 116 Å². The predicted molar refractivity (Wildman–Crippen MR) is 78.4 cm³/mol. The van der Waals surface area contributed by atoms with Crippen molar-refractivity contribution in [2.75, 3.05) is 11.1 Å². The van der Waals surface area contributed by atoms with Gasteiger partial charge in [0.2, 0.25) is 5.91 Å². The van der Waals surface area contributed by atoms with Crippen molar-refractivity contribution in [2.24, 2.45) is 5.41 Å². The number of nitrogen functional groups attached to an aromatic ring is 1. The first kappa shape index (κ1) is 13.4. The minimum Gasteiger partial charge on any atom is -0.399 e. The Hall–Kier alpha value is -1.03. The first-order valence-electron chi connectivity index (χ1n) is 6.44. The molecule has 0 bridgehead atoms. The molecule has 1 aromatic carbocycles. The highest BCUT2D eigenvalue weighted by molar-refractivity contribution is 9.10. The molecule has 0 spiro atoms. The minimum atomic E-state index is -0.166. The zero-order chi connectivity index (χ0) is 13.2. The molecule has 0 atom stereocenters. The molecule has 4 heteroatoms. The van der Waals surface area contributed by atoms with E-state index in [2.05, 4.69) is 28.2 Å². The van der Waals surface area contributed by atoms with Crippen molar-refractivity contribution in [3.05, 3.63) is 22.7 Å². The lowest BCUT2D eigenvalue weighted by Crippen LogP contribution is -2.33. The van der Waals surface area contributed by atoms with Gasteiger partial charge < -0.3 is 11.1 Å². The van der Waals surface area contributed by atoms with Gasteiger partial charge in [0.1, 0.15) is 0 Å². The van der Waals surface area contributed by atoms with Crippen molar-refractivity contribution in [3.8, 4) is 0 Å². The Morgan fingerprint density at radius 2 is 2.11 bits per heavy atom. The molecule has 1 aliphatic rings. The number of carbonyl (C=O) groups is 1. The molecule has 0 aliphatic heterocycles. The van der Waals surface area contributed by atoms with E-state index in [9.17, 15) is 4.79 Å². The second kappa shape index (κ2) is 5.31. The number of hydrogen-bond acceptors (Lipinski definition) is 2. The number of anilines is 2. The fourth-order valence-electron chi connectivity index (χ4n) is 2.68. The number of carbonyl (C=O) groups excluding carboxylic acids is 1. The van der Waals surface area contributed by atoms with Gasteiger partial charge in [0.15, 0.2) is 0 Å². The van der Waals surface area contributed by atoms with Crippen LogP contribution in [-0.2, 0) is 4.79 Å². The number of nitrogens with one attached hydrogen (secondary N) is 1. The second-order valence-electron chi connectivity index (χ2n) is 5.03. The number of amides is 1. The molecule has 0 heterocycles. The second-order valence-corrected chi connectivity index (χ2v) is 5.89. The highest BCUT2D eigenvalue weighted by Gasteiger charge is 2.39. The van der Waals surface area contributed by atoms with Gasteiger partial charge in [-0.2, -0.15) is 0 Å². The summed E-state index contributed by atoms with van der Waals surface area (Å²) in [5.41, 5.74) is 7.01. The molecule has 1 aromatic rings. The molecule has 0 unspecified atom stereocenters. The number of halogens is 1. The van der Waals surface area contributed by atoms with E-state index in [4.69, 9.17) is 5.73 Å². The summed E-state index contributed by atoms with van der Waals surface area (Å²) in [5.74, 6) is 0.146. The summed E-state index contributed by atoms with van der Waals surface area (Å²) in [5, 5.41) is 3.03. The normalized spacial score (nSPS) is 17.7. The maximum absolute atomic E-state index is 12.4. The van der Waals surface area contributed by atoms with Gasteiger partial charge in [-0.25, -0.2) is 0 Å². The van der Waals surface area contributed by atoms with E-state index in [1.807, 2.05) is 12.1 Å². The van der Waals surface area contributed by atoms with Crippen LogP contribution in [0.3, 0.4) is 0 Å². The molecule has 1 amide bonds. The Bertz CT molecular complexity index is 453. The highest BCUT2D eigenvalue weighted by Crippen LogP contribution is 2.42. The van der Waals surface area contributed by atoms with Crippen LogP contribution in [0.1, 0.15) is 39.0 Å². The van der Waals surface area contributed by atoms with Crippen molar-refractivity contribution in [2.45, 2.75) is 39.0 Å². The quantitative estimate of drug-likeness (QED) is 0.831. The largest absolute Gasteiger partial charge is 0.399 e. The fourth-order valence-corrected chi connectivity index (χ4v) is 3.18. The van der Waals surface area contributed by atoms with Gasteiger partial charge >= 0.3 is 0 Å². The van der Waals surface area contributed by atoms with Crippen molar-refractivity contribution in [1.82, 2.24) is 0 Å². The summed E-state index contributed by atoms with van der Waals surface area (Å²) in [4.78, 5) is 12.4. The minimum absolute atomic E-state index is 0.146. The zero-order valence-electron chi connectivity index (χ0n) is 10.6. The smallest absolute Gasteiger partial charge is 0.230 e. The fraction of sp³-hybridized carbons (Fsp3) is 0.500. The lowest BCUT2D eigenvalue weighted by molar-refractivity contribution is -0.125. The van der Waals surface area contributed by atoms with Gasteiger partial charge in [0.25, 0.3) is 0 Å². The first-order valence-corrected chi connectivity index (χ1v) is 7.23. The van der Waals surface area contributed by atoms with Crippen LogP contribution in [0, 0.1) is 5.41 Å². The molecule has 0 aromatic heterocycles. The summed E-state index contributed by atoms with van der Waals surface area (Å²) in [6.45, 7) is 2.10. The maximum Gasteiger partial charge on any atom is 0.230 e. The number of nitrogens with two attached hydrogens (primary N) is 1. The Kier molecular flexibility index (Phi) is 3.95. The third kappa shape index (κ3) is 2.53. The standard InChI is InChI=1S/C14H19BrN2O/c1-2-14(7-3-4-8-14)13(18)17-12-6-5-10(16)9-11(12)15/h5-6,9H,2-4,7-8,16H2,1H3,(H,17,18). The predicted octanol–water partition coefficient (Wildman–Crippen LogP) is 3.94. The van der Waals surface area contributed by atoms with E-state index in [0.29, 0.717) is 5.69 Å². The van der Waals surface area contributed by atoms with Crippen molar-refractivity contribution in [1.29, 1.82) is 0 Å². The lowest BCUT2D eigenvalue weighted by Gasteiger charge is -2.26. The topological polar surface area (TPSA) is 55.1 Å². The van der Waals surface area contributed by atoms with E-state index >= 15 is 0 Å². The molecule has 1 fully saturated rings. The van der Waals surface area contributed by atoms with Crippen LogP contribution in [0.15, 0.2) is 22.7 Å². The van der Waals surface area contributed by atoms with Crippen LogP contribution in [0.2, 0.25) is 0 Å². The summed E-state index contributed by atoms with van der Waals surface area (Å²) >= 11 is 3.43. The Morgan fingerprint density at radius 1 is 1.44 bits per heavy atom. The molecular weight excluding hydrogens is 292 g/mol. The molecule has 1 saturated carbocycles. The molecule has 3 N–H and O–H groups in total. The Balaban J connectivity index is 2.15. The molecule has 18 heavy (non-hydrogen) atoms. The summed E-state index contributed by atoms with van der Waals surface area (Å²) in [6, 6.07) is 5.45. The van der Waals surface area contributed by atoms with Gasteiger partial charge in [-0.15, -0.1) is 0 Å². The summed E-state index contributed by atoms with van der Waals surface area (Å²) in [7, 11) is 0. The third-order valence-electron chi connectivity index (χ3n) is 3.96. The van der Waals surface area contributed by atoms with Crippen LogP contribution in [0.25, 0.3) is 0 Å². The van der Waals surface area contributed by atoms with Gasteiger partial charge in [0, 0.05) is 15.6 Å². The highest BCUT2D eigenvalue weighted by atomic mass is 79.9. The summed E-state index contributed by atoms with van der Waals surface area (Å²) < 4.78 is 0.833. The van der Waals surface area contributed by atoms with Crippen LogP contribution in [0.5, 0.6) is 0 Å². The van der Waals surface area contributed by atoms with E-state index in [-0.39, 0.29) is 11.3 Å². The van der Waals surface area contributed by atoms with Crippen LogP contribution >= 0.6 is 15.9 Å². The molecule has 98 valence electrons. The number of rotatable bonds is 3. The van der Waals surface area contributed by atoms with E-state index in [0.717, 1.165) is 42.3 Å². The van der Waals surface area contributed by atoms with Gasteiger partial charge in [-0.1, -0.05) is 19.8 Å². The molecule has 1 aliphatic carbocycles. The van der Waals surface area contributed by atoms with Crippen LogP contribution < -0.4 is 11.1 Å². The van der Waals surface area contributed by atoms with E-state index < -0.39 is 0 Å². The number of benzene rings is 1. The van der Waals surface area contributed by atoms with Gasteiger partial charge in [-0.3, -0.25) is 4.79 Å². The van der Waals surface area contributed by atoms with Gasteiger partial charge in [-0.05, 0) is 53.4 Å². The first-order chi connectivity index (χ1) is 8.57. The average Bonchev–Trinajstić information content (AvgIpc) is 2.82. The van der Waals surface area contributed by atoms with Gasteiger partial charge in [0.05, 0.1) is 5.69 Å². The van der Waals surface area contributed by atoms with Crippen molar-refractivity contribution in [3.63, 3.8) is 0 Å². The van der Waals surface area contributed by atoms with Crippen molar-refractivity contribution >= 4 is 33.2 Å². The van der Waals surface area contributed by atoms with E-state index in [1.165, 1.54) is 0 Å². The molecule has 2 rings (SSSR count). The van der Waals surface area contributed by atoms with E-state index in [1.54, 1.807) is 6.07 Å². The zero-order valence-corrected chi connectivity index (χ0v) is 12.2. The molecule has 0 radical (unpaired) electrons. The summed E-state index contributed by atoms with van der Waals surface area (Å²) in [6.07, 6.45) is 5.23. The van der Waals surface area contributed by atoms with Crippen LogP contribution in [-0.4, -0.2) is 5.91 Å². The Morgan fingerprint density at radius 3 is 2.67 bits per heavy atom. The average molecular weight is 311 g/mol. The third-order valence-corrected chi connectivity index (χ3v) is 4.62. The SMILES string of the molecule is CCC1(C(=O)Nc2ccc(N)cc2Br)CCCC1. The lowest BCUT2D eigenvalue weighted by atomic mass is 9.82. The molecular formula is C14H19BrN2O. The monoisotopic (exact) mass is 310 g/mol. The van der Waals surface area contributed by atoms with Crippen LogP contribution in [0.4, 0.5) is 11.4 Å². The van der Waals surface area contributed by atoms with Crippen molar-refractivity contribution < 1.29 is 4.79 Å². The molecule has 0 saturated heterocycles. The number of hydrogen-bond donors (Lipinski definition) is 2.